The third-order valence-electron chi connectivity index (χ3n) is 2.01. The van der Waals surface area contributed by atoms with Gasteiger partial charge in [0.05, 0.1) is 6.61 Å². The summed E-state index contributed by atoms with van der Waals surface area (Å²) in [7, 11) is 0. The minimum atomic E-state index is -0.377. The standard InChI is InChI=1S/C9H9NO2/c10-9(11)7-2-1-3-8-6(7)4-5-12-8/h1-3H,4-5H2,(H2,10,11). The molecule has 1 aromatic rings. The first-order valence-electron chi connectivity index (χ1n) is 3.83. The molecule has 0 radical (unpaired) electrons. The number of nitrogens with two attached hydrogens (primary N) is 1. The van der Waals surface area contributed by atoms with Crippen LogP contribution in [0.3, 0.4) is 0 Å². The van der Waals surface area contributed by atoms with Gasteiger partial charge in [0.25, 0.3) is 0 Å². The van der Waals surface area contributed by atoms with Crippen LogP contribution in [-0.2, 0) is 6.42 Å². The molecule has 12 heavy (non-hydrogen) atoms. The van der Waals surface area contributed by atoms with Gasteiger partial charge in [-0.3, -0.25) is 4.79 Å². The molecule has 0 saturated carbocycles. The molecule has 1 aliphatic rings. The van der Waals surface area contributed by atoms with Crippen LogP contribution >= 0.6 is 0 Å². The van der Waals surface area contributed by atoms with Gasteiger partial charge in [-0.1, -0.05) is 6.07 Å². The van der Waals surface area contributed by atoms with Crippen molar-refractivity contribution in [3.8, 4) is 5.75 Å². The molecule has 0 bridgehead atoms. The van der Waals surface area contributed by atoms with Crippen LogP contribution in [0.2, 0.25) is 0 Å². The number of carbonyl (C=O) groups excluding carboxylic acids is 1. The monoisotopic (exact) mass is 163 g/mol. The lowest BCUT2D eigenvalue weighted by Crippen LogP contribution is -2.12. The van der Waals surface area contributed by atoms with Crippen molar-refractivity contribution in [2.75, 3.05) is 6.61 Å². The minimum absolute atomic E-state index is 0.377. The summed E-state index contributed by atoms with van der Waals surface area (Å²) in [5, 5.41) is 0. The van der Waals surface area contributed by atoms with Crippen molar-refractivity contribution < 1.29 is 9.53 Å². The Bertz CT molecular complexity index is 333. The molecule has 0 spiro atoms. The van der Waals surface area contributed by atoms with Crippen LogP contribution in [0.25, 0.3) is 0 Å². The third-order valence-corrected chi connectivity index (χ3v) is 2.01. The molecular formula is C9H9NO2. The van der Waals surface area contributed by atoms with E-state index in [0.29, 0.717) is 12.2 Å². The van der Waals surface area contributed by atoms with Crippen LogP contribution < -0.4 is 10.5 Å². The molecular weight excluding hydrogens is 154 g/mol. The number of benzene rings is 1. The Hall–Kier alpha value is -1.51. The molecule has 0 atom stereocenters. The van der Waals surface area contributed by atoms with Gasteiger partial charge in [-0.05, 0) is 12.1 Å². The van der Waals surface area contributed by atoms with Crippen LogP contribution in [-0.4, -0.2) is 12.5 Å². The fourth-order valence-electron chi connectivity index (χ4n) is 1.45. The van der Waals surface area contributed by atoms with Gasteiger partial charge in [-0.2, -0.15) is 0 Å². The first-order valence-corrected chi connectivity index (χ1v) is 3.83. The van der Waals surface area contributed by atoms with Gasteiger partial charge < -0.3 is 10.5 Å². The first-order chi connectivity index (χ1) is 5.79. The van der Waals surface area contributed by atoms with Crippen LogP contribution in [0.4, 0.5) is 0 Å². The fourth-order valence-corrected chi connectivity index (χ4v) is 1.45. The predicted octanol–water partition coefficient (Wildman–Crippen LogP) is 0.720. The highest BCUT2D eigenvalue weighted by Gasteiger charge is 2.17. The highest BCUT2D eigenvalue weighted by Crippen LogP contribution is 2.27. The molecule has 3 nitrogen and oxygen atoms in total. The smallest absolute Gasteiger partial charge is 0.249 e. The van der Waals surface area contributed by atoms with Crippen molar-refractivity contribution in [3.05, 3.63) is 29.3 Å². The molecule has 62 valence electrons. The van der Waals surface area contributed by atoms with E-state index >= 15 is 0 Å². The average molecular weight is 163 g/mol. The fraction of sp³-hybridized carbons (Fsp3) is 0.222. The highest BCUT2D eigenvalue weighted by molar-refractivity contribution is 5.95. The Balaban J connectivity index is 2.56. The second-order valence-corrected chi connectivity index (χ2v) is 2.74. The summed E-state index contributed by atoms with van der Waals surface area (Å²) in [6.45, 7) is 0.652. The number of fused-ring (bicyclic) bond motifs is 1. The van der Waals surface area contributed by atoms with Crippen molar-refractivity contribution in [2.24, 2.45) is 5.73 Å². The number of primary amides is 1. The summed E-state index contributed by atoms with van der Waals surface area (Å²) >= 11 is 0. The number of carbonyl (C=O) groups is 1. The average Bonchev–Trinajstić information content (AvgIpc) is 2.49. The number of rotatable bonds is 1. The molecule has 1 heterocycles. The maximum absolute atomic E-state index is 10.9. The SMILES string of the molecule is NC(=O)c1cccc2c1CCO2. The molecule has 0 aromatic heterocycles. The molecule has 0 aliphatic carbocycles. The van der Waals surface area contributed by atoms with E-state index in [9.17, 15) is 4.79 Å². The Labute approximate surface area is 70.1 Å². The van der Waals surface area contributed by atoms with Crippen molar-refractivity contribution in [2.45, 2.75) is 6.42 Å². The van der Waals surface area contributed by atoms with Gasteiger partial charge >= 0.3 is 0 Å². The molecule has 0 saturated heterocycles. The number of hydrogen-bond acceptors (Lipinski definition) is 2. The third kappa shape index (κ3) is 0.942. The molecule has 1 aliphatic heterocycles. The van der Waals surface area contributed by atoms with Gasteiger partial charge in [0.2, 0.25) is 5.91 Å². The Kier molecular flexibility index (Phi) is 1.50. The summed E-state index contributed by atoms with van der Waals surface area (Å²) in [5.41, 5.74) is 6.73. The van der Waals surface area contributed by atoms with E-state index in [4.69, 9.17) is 10.5 Å². The lowest BCUT2D eigenvalue weighted by molar-refractivity contribution is 0.0999. The summed E-state index contributed by atoms with van der Waals surface area (Å²) < 4.78 is 5.28. The van der Waals surface area contributed by atoms with Crippen molar-refractivity contribution in [1.82, 2.24) is 0 Å². The zero-order chi connectivity index (χ0) is 8.55. The van der Waals surface area contributed by atoms with E-state index in [-0.39, 0.29) is 5.91 Å². The largest absolute Gasteiger partial charge is 0.493 e. The zero-order valence-corrected chi connectivity index (χ0v) is 6.54. The Morgan fingerprint density at radius 1 is 1.50 bits per heavy atom. The number of amides is 1. The molecule has 2 rings (SSSR count). The van der Waals surface area contributed by atoms with Crippen LogP contribution in [0.5, 0.6) is 5.75 Å². The van der Waals surface area contributed by atoms with Crippen molar-refractivity contribution in [1.29, 1.82) is 0 Å². The predicted molar refractivity (Wildman–Crippen MR) is 44.2 cm³/mol. The van der Waals surface area contributed by atoms with E-state index in [1.165, 1.54) is 0 Å². The summed E-state index contributed by atoms with van der Waals surface area (Å²) in [6, 6.07) is 5.37. The topological polar surface area (TPSA) is 52.3 Å². The van der Waals surface area contributed by atoms with Crippen LogP contribution in [0.15, 0.2) is 18.2 Å². The van der Waals surface area contributed by atoms with E-state index < -0.39 is 0 Å². The highest BCUT2D eigenvalue weighted by atomic mass is 16.5. The second kappa shape index (κ2) is 2.52. The summed E-state index contributed by atoms with van der Waals surface area (Å²) in [5.74, 6) is 0.420. The Morgan fingerprint density at radius 3 is 3.08 bits per heavy atom. The van der Waals surface area contributed by atoms with Crippen molar-refractivity contribution >= 4 is 5.91 Å². The maximum atomic E-state index is 10.9. The first kappa shape index (κ1) is 7.16. The van der Waals surface area contributed by atoms with E-state index in [0.717, 1.165) is 17.7 Å². The van der Waals surface area contributed by atoms with Crippen LogP contribution in [0.1, 0.15) is 15.9 Å². The van der Waals surface area contributed by atoms with Crippen molar-refractivity contribution in [3.63, 3.8) is 0 Å². The Morgan fingerprint density at radius 2 is 2.33 bits per heavy atom. The molecule has 0 unspecified atom stereocenters. The van der Waals surface area contributed by atoms with E-state index in [1.54, 1.807) is 12.1 Å². The number of hydrogen-bond donors (Lipinski definition) is 1. The van der Waals surface area contributed by atoms with Gasteiger partial charge in [-0.15, -0.1) is 0 Å². The van der Waals surface area contributed by atoms with Gasteiger partial charge in [0, 0.05) is 17.5 Å². The normalized spacial score (nSPS) is 13.7. The van der Waals surface area contributed by atoms with Gasteiger partial charge in [-0.25, -0.2) is 0 Å². The van der Waals surface area contributed by atoms with Crippen LogP contribution in [0, 0.1) is 0 Å². The second-order valence-electron chi connectivity index (χ2n) is 2.74. The molecule has 1 amide bonds. The molecule has 2 N–H and O–H groups in total. The number of ether oxygens (including phenoxy) is 1. The molecule has 3 heteroatoms. The minimum Gasteiger partial charge on any atom is -0.493 e. The summed E-state index contributed by atoms with van der Waals surface area (Å²) in [4.78, 5) is 10.9. The zero-order valence-electron chi connectivity index (χ0n) is 6.54. The van der Waals surface area contributed by atoms with Gasteiger partial charge in [0.1, 0.15) is 5.75 Å². The maximum Gasteiger partial charge on any atom is 0.249 e. The molecule has 1 aromatic carbocycles. The molecule has 0 fully saturated rings. The summed E-state index contributed by atoms with van der Waals surface area (Å²) in [6.07, 6.45) is 0.786. The quantitative estimate of drug-likeness (QED) is 0.663. The van der Waals surface area contributed by atoms with E-state index in [1.807, 2.05) is 6.07 Å². The lowest BCUT2D eigenvalue weighted by atomic mass is 10.1. The lowest BCUT2D eigenvalue weighted by Gasteiger charge is -2.01. The van der Waals surface area contributed by atoms with Gasteiger partial charge in [0.15, 0.2) is 0 Å². The van der Waals surface area contributed by atoms with E-state index in [2.05, 4.69) is 0 Å².